The lowest BCUT2D eigenvalue weighted by Gasteiger charge is -2.07. The fourth-order valence-corrected chi connectivity index (χ4v) is 3.56. The number of H-pyrrole nitrogens is 2. The standard InChI is InChI=1S/C24H21N5/c1-15(25)24-27-13-23(29-24)21-9-8-19-10-18(6-7-20(19)11-21)16-2-4-17(5-3-16)22-12-26-14-28-22/h2-15H,25H2,1H3,(H,26,28)(H,27,29)/t15-/m0/s1. The molecule has 29 heavy (non-hydrogen) atoms. The van der Waals surface area contributed by atoms with Crippen molar-refractivity contribution >= 4 is 10.8 Å². The third-order valence-corrected chi connectivity index (χ3v) is 5.21. The second-order valence-corrected chi connectivity index (χ2v) is 7.29. The molecule has 5 rings (SSSR count). The van der Waals surface area contributed by atoms with E-state index in [9.17, 15) is 0 Å². The highest BCUT2D eigenvalue weighted by atomic mass is 14.9. The van der Waals surface area contributed by atoms with Gasteiger partial charge in [0.15, 0.2) is 0 Å². The number of nitrogens with two attached hydrogens (primary N) is 1. The van der Waals surface area contributed by atoms with Crippen molar-refractivity contribution in [3.05, 3.63) is 85.2 Å². The molecule has 2 heterocycles. The van der Waals surface area contributed by atoms with Crippen molar-refractivity contribution in [2.75, 3.05) is 0 Å². The molecule has 4 N–H and O–H groups in total. The summed E-state index contributed by atoms with van der Waals surface area (Å²) >= 11 is 0. The Bertz CT molecular complexity index is 1260. The van der Waals surface area contributed by atoms with Gasteiger partial charge >= 0.3 is 0 Å². The summed E-state index contributed by atoms with van der Waals surface area (Å²) in [5.41, 5.74) is 12.5. The molecule has 0 saturated heterocycles. The van der Waals surface area contributed by atoms with Crippen LogP contribution in [0.3, 0.4) is 0 Å². The summed E-state index contributed by atoms with van der Waals surface area (Å²) in [6, 6.07) is 21.4. The van der Waals surface area contributed by atoms with Gasteiger partial charge in [0.25, 0.3) is 0 Å². The number of hydrogen-bond acceptors (Lipinski definition) is 3. The van der Waals surface area contributed by atoms with Crippen molar-refractivity contribution in [1.29, 1.82) is 0 Å². The van der Waals surface area contributed by atoms with E-state index in [4.69, 9.17) is 5.73 Å². The number of benzene rings is 3. The van der Waals surface area contributed by atoms with Crippen molar-refractivity contribution in [3.8, 4) is 33.6 Å². The minimum Gasteiger partial charge on any atom is -0.345 e. The summed E-state index contributed by atoms with van der Waals surface area (Å²) in [5, 5.41) is 2.40. The topological polar surface area (TPSA) is 83.4 Å². The summed E-state index contributed by atoms with van der Waals surface area (Å²) in [4.78, 5) is 14.9. The molecule has 0 unspecified atom stereocenters. The first-order valence-electron chi connectivity index (χ1n) is 9.61. The van der Waals surface area contributed by atoms with Crippen molar-refractivity contribution in [3.63, 3.8) is 0 Å². The molecule has 1 atom stereocenters. The number of fused-ring (bicyclic) bond motifs is 1. The quantitative estimate of drug-likeness (QED) is 0.396. The molecule has 0 bridgehead atoms. The molecule has 0 fully saturated rings. The second-order valence-electron chi connectivity index (χ2n) is 7.29. The fraction of sp³-hybridized carbons (Fsp3) is 0.0833. The van der Waals surface area contributed by atoms with Gasteiger partial charge in [-0.25, -0.2) is 9.97 Å². The van der Waals surface area contributed by atoms with E-state index < -0.39 is 0 Å². The molecule has 0 aliphatic carbocycles. The smallest absolute Gasteiger partial charge is 0.123 e. The molecule has 0 aliphatic rings. The van der Waals surface area contributed by atoms with Gasteiger partial charge in [-0.3, -0.25) is 0 Å². The molecule has 5 aromatic rings. The molecule has 5 heteroatoms. The monoisotopic (exact) mass is 379 g/mol. The maximum absolute atomic E-state index is 5.91. The van der Waals surface area contributed by atoms with Gasteiger partial charge in [-0.1, -0.05) is 48.5 Å². The largest absolute Gasteiger partial charge is 0.345 e. The van der Waals surface area contributed by atoms with Crippen LogP contribution in [0, 0.1) is 0 Å². The number of rotatable bonds is 4. The highest BCUT2D eigenvalue weighted by molar-refractivity contribution is 5.90. The first-order valence-corrected chi connectivity index (χ1v) is 9.61. The zero-order valence-electron chi connectivity index (χ0n) is 16.1. The number of imidazole rings is 2. The lowest BCUT2D eigenvalue weighted by Crippen LogP contribution is -2.06. The maximum Gasteiger partial charge on any atom is 0.123 e. The van der Waals surface area contributed by atoms with Crippen LogP contribution in [0.15, 0.2) is 79.4 Å². The van der Waals surface area contributed by atoms with Crippen molar-refractivity contribution < 1.29 is 0 Å². The highest BCUT2D eigenvalue weighted by Gasteiger charge is 2.08. The lowest BCUT2D eigenvalue weighted by atomic mass is 9.98. The Morgan fingerprint density at radius 1 is 0.759 bits per heavy atom. The summed E-state index contributed by atoms with van der Waals surface area (Å²) in [5.74, 6) is 0.800. The molecule has 0 spiro atoms. The Morgan fingerprint density at radius 3 is 2.07 bits per heavy atom. The van der Waals surface area contributed by atoms with Crippen LogP contribution in [0.4, 0.5) is 0 Å². The van der Waals surface area contributed by atoms with E-state index in [0.29, 0.717) is 0 Å². The number of aromatic amines is 2. The number of nitrogens with one attached hydrogen (secondary N) is 2. The molecule has 2 aromatic heterocycles. The first-order chi connectivity index (χ1) is 14.2. The average molecular weight is 379 g/mol. The first kappa shape index (κ1) is 17.4. The minimum absolute atomic E-state index is 0.105. The second kappa shape index (κ2) is 7.04. The zero-order valence-corrected chi connectivity index (χ0v) is 16.1. The van der Waals surface area contributed by atoms with E-state index in [-0.39, 0.29) is 6.04 Å². The lowest BCUT2D eigenvalue weighted by molar-refractivity contribution is 0.756. The number of hydrogen-bond donors (Lipinski definition) is 3. The minimum atomic E-state index is -0.105. The van der Waals surface area contributed by atoms with E-state index in [2.05, 4.69) is 80.6 Å². The molecule has 5 nitrogen and oxygen atoms in total. The van der Waals surface area contributed by atoms with Crippen LogP contribution >= 0.6 is 0 Å². The predicted molar refractivity (Wildman–Crippen MR) is 117 cm³/mol. The molecule has 3 aromatic carbocycles. The molecular weight excluding hydrogens is 358 g/mol. The summed E-state index contributed by atoms with van der Waals surface area (Å²) < 4.78 is 0. The van der Waals surface area contributed by atoms with Crippen LogP contribution < -0.4 is 5.73 Å². The Hall–Kier alpha value is -3.70. The Balaban J connectivity index is 1.46. The summed E-state index contributed by atoms with van der Waals surface area (Å²) in [6.07, 6.45) is 5.37. The van der Waals surface area contributed by atoms with Gasteiger partial charge < -0.3 is 15.7 Å². The van der Waals surface area contributed by atoms with E-state index >= 15 is 0 Å². The Morgan fingerprint density at radius 2 is 1.41 bits per heavy atom. The van der Waals surface area contributed by atoms with E-state index in [1.807, 2.05) is 19.3 Å². The van der Waals surface area contributed by atoms with Gasteiger partial charge in [0.05, 0.1) is 36.2 Å². The predicted octanol–water partition coefficient (Wildman–Crippen LogP) is 5.31. The van der Waals surface area contributed by atoms with Gasteiger partial charge in [-0.15, -0.1) is 0 Å². The van der Waals surface area contributed by atoms with E-state index in [1.165, 1.54) is 21.9 Å². The van der Waals surface area contributed by atoms with Crippen LogP contribution in [0.2, 0.25) is 0 Å². The molecule has 142 valence electrons. The normalized spacial score (nSPS) is 12.3. The average Bonchev–Trinajstić information content (AvgIpc) is 3.45. The number of nitrogens with zero attached hydrogens (tertiary/aromatic N) is 2. The van der Waals surface area contributed by atoms with Crippen LogP contribution in [-0.4, -0.2) is 19.9 Å². The van der Waals surface area contributed by atoms with Crippen molar-refractivity contribution in [1.82, 2.24) is 19.9 Å². The highest BCUT2D eigenvalue weighted by Crippen LogP contribution is 2.29. The van der Waals surface area contributed by atoms with Gasteiger partial charge in [0.1, 0.15) is 5.82 Å². The zero-order chi connectivity index (χ0) is 19.8. The van der Waals surface area contributed by atoms with Gasteiger partial charge in [0.2, 0.25) is 0 Å². The Labute approximate surface area is 168 Å². The summed E-state index contributed by atoms with van der Waals surface area (Å²) in [7, 11) is 0. The van der Waals surface area contributed by atoms with Crippen LogP contribution in [0.25, 0.3) is 44.4 Å². The molecule has 0 saturated carbocycles. The number of aromatic nitrogens is 4. The van der Waals surface area contributed by atoms with Gasteiger partial charge in [-0.2, -0.15) is 0 Å². The van der Waals surface area contributed by atoms with E-state index in [1.54, 1.807) is 6.33 Å². The molecular formula is C24H21N5. The third-order valence-electron chi connectivity index (χ3n) is 5.21. The van der Waals surface area contributed by atoms with Crippen molar-refractivity contribution in [2.24, 2.45) is 5.73 Å². The molecule has 0 aliphatic heterocycles. The van der Waals surface area contributed by atoms with Crippen LogP contribution in [0.1, 0.15) is 18.8 Å². The molecule has 0 radical (unpaired) electrons. The van der Waals surface area contributed by atoms with Gasteiger partial charge in [0, 0.05) is 5.56 Å². The maximum atomic E-state index is 5.91. The SMILES string of the molecule is C[C@H](N)c1ncc(-c2ccc3cc(-c4ccc(-c5cnc[nH]5)cc4)ccc3c2)[nH]1. The third kappa shape index (κ3) is 3.32. The van der Waals surface area contributed by atoms with Crippen LogP contribution in [-0.2, 0) is 0 Å². The van der Waals surface area contributed by atoms with Crippen molar-refractivity contribution in [2.45, 2.75) is 13.0 Å². The fourth-order valence-electron chi connectivity index (χ4n) is 3.56. The Kier molecular flexibility index (Phi) is 4.22. The summed E-state index contributed by atoms with van der Waals surface area (Å²) in [6.45, 7) is 1.92. The van der Waals surface area contributed by atoms with E-state index in [0.717, 1.165) is 28.3 Å². The van der Waals surface area contributed by atoms with Gasteiger partial charge in [-0.05, 0) is 46.5 Å². The van der Waals surface area contributed by atoms with Crippen LogP contribution in [0.5, 0.6) is 0 Å². The molecule has 0 amide bonds.